The van der Waals surface area contributed by atoms with Crippen LogP contribution < -0.4 is 0 Å². The Labute approximate surface area is 90.7 Å². The number of aromatic hydroxyl groups is 1. The Kier molecular flexibility index (Phi) is 4.27. The van der Waals surface area contributed by atoms with Crippen LogP contribution >= 0.6 is 11.6 Å². The molecule has 0 saturated heterocycles. The Morgan fingerprint density at radius 1 is 1.43 bits per heavy atom. The molecule has 2 heteroatoms. The van der Waals surface area contributed by atoms with Crippen molar-refractivity contribution in [2.75, 3.05) is 0 Å². The van der Waals surface area contributed by atoms with Gasteiger partial charge in [-0.3, -0.25) is 0 Å². The first-order valence-electron chi connectivity index (χ1n) is 5.05. The van der Waals surface area contributed by atoms with Crippen molar-refractivity contribution in [1.82, 2.24) is 0 Å². The van der Waals surface area contributed by atoms with Crippen molar-refractivity contribution in [3.8, 4) is 5.75 Å². The maximum Gasteiger partial charge on any atom is 0.115 e. The van der Waals surface area contributed by atoms with E-state index in [1.807, 2.05) is 25.1 Å². The number of halogens is 1. The van der Waals surface area contributed by atoms with Gasteiger partial charge in [-0.1, -0.05) is 25.5 Å². The topological polar surface area (TPSA) is 20.2 Å². The second kappa shape index (κ2) is 5.26. The molecule has 1 aromatic rings. The van der Waals surface area contributed by atoms with E-state index in [9.17, 15) is 5.11 Å². The first kappa shape index (κ1) is 11.4. The van der Waals surface area contributed by atoms with E-state index < -0.39 is 0 Å². The van der Waals surface area contributed by atoms with Gasteiger partial charge in [0.05, 0.1) is 0 Å². The third-order valence-electron chi connectivity index (χ3n) is 2.58. The lowest BCUT2D eigenvalue weighted by Gasteiger charge is -2.17. The van der Waals surface area contributed by atoms with E-state index >= 15 is 0 Å². The molecule has 0 aliphatic heterocycles. The predicted molar refractivity (Wildman–Crippen MR) is 60.9 cm³/mol. The highest BCUT2D eigenvalue weighted by Crippen LogP contribution is 2.21. The van der Waals surface area contributed by atoms with E-state index in [-0.39, 0.29) is 5.38 Å². The van der Waals surface area contributed by atoms with Crippen LogP contribution in [-0.4, -0.2) is 10.5 Å². The van der Waals surface area contributed by atoms with E-state index in [1.165, 1.54) is 0 Å². The molecule has 0 bridgehead atoms. The minimum absolute atomic E-state index is 0.183. The lowest BCUT2D eigenvalue weighted by atomic mass is 9.94. The van der Waals surface area contributed by atoms with Gasteiger partial charge in [0.1, 0.15) is 5.75 Å². The molecule has 1 nitrogen and oxygen atoms in total. The molecule has 0 saturated carbocycles. The van der Waals surface area contributed by atoms with Crippen LogP contribution in [0.3, 0.4) is 0 Å². The lowest BCUT2D eigenvalue weighted by molar-refractivity contribution is 0.469. The Morgan fingerprint density at radius 2 is 2.14 bits per heavy atom. The maximum atomic E-state index is 9.30. The number of benzene rings is 1. The summed E-state index contributed by atoms with van der Waals surface area (Å²) in [6.07, 6.45) is 2.01. The van der Waals surface area contributed by atoms with Crippen molar-refractivity contribution in [3.63, 3.8) is 0 Å². The summed E-state index contributed by atoms with van der Waals surface area (Å²) in [6, 6.07) is 7.40. The number of alkyl halides is 1. The highest BCUT2D eigenvalue weighted by molar-refractivity contribution is 6.20. The summed E-state index contributed by atoms with van der Waals surface area (Å²) in [5.41, 5.74) is 1.16. The molecular formula is C12H17ClO. The zero-order valence-corrected chi connectivity index (χ0v) is 9.46. The van der Waals surface area contributed by atoms with E-state index in [0.29, 0.717) is 11.7 Å². The number of hydrogen-bond donors (Lipinski definition) is 1. The van der Waals surface area contributed by atoms with Crippen LogP contribution in [0.25, 0.3) is 0 Å². The van der Waals surface area contributed by atoms with Crippen LogP contribution in [-0.2, 0) is 6.42 Å². The van der Waals surface area contributed by atoms with Gasteiger partial charge in [0.2, 0.25) is 0 Å². The van der Waals surface area contributed by atoms with Crippen molar-refractivity contribution >= 4 is 11.6 Å². The summed E-state index contributed by atoms with van der Waals surface area (Å²) in [5.74, 6) is 0.818. The third kappa shape index (κ3) is 3.22. The quantitative estimate of drug-likeness (QED) is 0.757. The molecular weight excluding hydrogens is 196 g/mol. The first-order valence-corrected chi connectivity index (χ1v) is 5.49. The number of rotatable bonds is 4. The summed E-state index contributed by atoms with van der Waals surface area (Å²) >= 11 is 6.07. The van der Waals surface area contributed by atoms with Gasteiger partial charge in [-0.05, 0) is 37.0 Å². The summed E-state index contributed by atoms with van der Waals surface area (Å²) in [5, 5.41) is 9.49. The molecule has 1 aromatic carbocycles. The van der Waals surface area contributed by atoms with E-state index in [0.717, 1.165) is 18.4 Å². The minimum Gasteiger partial charge on any atom is -0.508 e. The Balaban J connectivity index is 2.67. The molecule has 0 heterocycles. The Hall–Kier alpha value is -0.690. The second-order valence-corrected chi connectivity index (χ2v) is 4.41. The minimum atomic E-state index is 0.183. The summed E-state index contributed by atoms with van der Waals surface area (Å²) in [4.78, 5) is 0. The van der Waals surface area contributed by atoms with Crippen molar-refractivity contribution in [3.05, 3.63) is 29.8 Å². The zero-order chi connectivity index (χ0) is 10.6. The first-order chi connectivity index (χ1) is 6.63. The van der Waals surface area contributed by atoms with Gasteiger partial charge in [0.25, 0.3) is 0 Å². The summed E-state index contributed by atoms with van der Waals surface area (Å²) in [7, 11) is 0. The molecule has 0 fully saturated rings. The van der Waals surface area contributed by atoms with Crippen LogP contribution in [0.1, 0.15) is 25.8 Å². The monoisotopic (exact) mass is 212 g/mol. The van der Waals surface area contributed by atoms with Gasteiger partial charge in [-0.2, -0.15) is 0 Å². The third-order valence-corrected chi connectivity index (χ3v) is 2.94. The van der Waals surface area contributed by atoms with Crippen LogP contribution in [0.4, 0.5) is 0 Å². The number of hydrogen-bond acceptors (Lipinski definition) is 1. The van der Waals surface area contributed by atoms with Crippen molar-refractivity contribution < 1.29 is 5.11 Å². The average Bonchev–Trinajstić information content (AvgIpc) is 2.14. The SMILES string of the molecule is CCC(Cc1cccc(O)c1)C(C)Cl. The molecule has 0 amide bonds. The van der Waals surface area contributed by atoms with Crippen LogP contribution in [0.2, 0.25) is 0 Å². The fourth-order valence-corrected chi connectivity index (χ4v) is 1.88. The molecule has 0 spiro atoms. The van der Waals surface area contributed by atoms with Gasteiger partial charge in [-0.25, -0.2) is 0 Å². The van der Waals surface area contributed by atoms with Gasteiger partial charge in [0.15, 0.2) is 0 Å². The number of phenols is 1. The van der Waals surface area contributed by atoms with Gasteiger partial charge < -0.3 is 5.11 Å². The average molecular weight is 213 g/mol. The van der Waals surface area contributed by atoms with Crippen molar-refractivity contribution in [2.45, 2.75) is 32.1 Å². The molecule has 0 aromatic heterocycles. The summed E-state index contributed by atoms with van der Waals surface area (Å²) < 4.78 is 0. The molecule has 0 aliphatic rings. The Bertz CT molecular complexity index is 283. The molecule has 1 rings (SSSR count). The maximum absolute atomic E-state index is 9.30. The fourth-order valence-electron chi connectivity index (χ4n) is 1.62. The van der Waals surface area contributed by atoms with E-state index in [4.69, 9.17) is 11.6 Å². The molecule has 2 atom stereocenters. The number of phenolic OH excluding ortho intramolecular Hbond substituents is 1. The molecule has 14 heavy (non-hydrogen) atoms. The van der Waals surface area contributed by atoms with Crippen LogP contribution in [0.15, 0.2) is 24.3 Å². The molecule has 0 aliphatic carbocycles. The highest BCUT2D eigenvalue weighted by Gasteiger charge is 2.13. The lowest BCUT2D eigenvalue weighted by Crippen LogP contribution is -2.13. The van der Waals surface area contributed by atoms with Gasteiger partial charge in [0, 0.05) is 5.38 Å². The van der Waals surface area contributed by atoms with Crippen LogP contribution in [0, 0.1) is 5.92 Å². The molecule has 1 N–H and O–H groups in total. The standard InChI is InChI=1S/C12H17ClO/c1-3-11(9(2)13)7-10-5-4-6-12(14)8-10/h4-6,8-9,11,14H,3,7H2,1-2H3. The summed E-state index contributed by atoms with van der Waals surface area (Å²) in [6.45, 7) is 4.17. The van der Waals surface area contributed by atoms with Crippen LogP contribution in [0.5, 0.6) is 5.75 Å². The fraction of sp³-hybridized carbons (Fsp3) is 0.500. The molecule has 78 valence electrons. The zero-order valence-electron chi connectivity index (χ0n) is 8.70. The van der Waals surface area contributed by atoms with Crippen molar-refractivity contribution in [2.24, 2.45) is 5.92 Å². The molecule has 2 unspecified atom stereocenters. The van der Waals surface area contributed by atoms with E-state index in [1.54, 1.807) is 6.07 Å². The van der Waals surface area contributed by atoms with Gasteiger partial charge in [-0.15, -0.1) is 11.6 Å². The molecule has 0 radical (unpaired) electrons. The van der Waals surface area contributed by atoms with E-state index in [2.05, 4.69) is 6.92 Å². The smallest absolute Gasteiger partial charge is 0.115 e. The predicted octanol–water partition coefficient (Wildman–Crippen LogP) is 3.59. The normalized spacial score (nSPS) is 15.1. The highest BCUT2D eigenvalue weighted by atomic mass is 35.5. The van der Waals surface area contributed by atoms with Gasteiger partial charge >= 0.3 is 0 Å². The largest absolute Gasteiger partial charge is 0.508 e. The Morgan fingerprint density at radius 3 is 2.64 bits per heavy atom. The second-order valence-electron chi connectivity index (χ2n) is 3.72. The van der Waals surface area contributed by atoms with Crippen molar-refractivity contribution in [1.29, 1.82) is 0 Å².